The van der Waals surface area contributed by atoms with E-state index in [1.165, 1.54) is 28.4 Å². The Morgan fingerprint density at radius 2 is 1.69 bits per heavy atom. The van der Waals surface area contributed by atoms with Crippen LogP contribution in [0.25, 0.3) is 0 Å². The van der Waals surface area contributed by atoms with Crippen LogP contribution in [0.2, 0.25) is 0 Å². The Kier molecular flexibility index (Phi) is 8.46. The third kappa shape index (κ3) is 6.05. The lowest BCUT2D eigenvalue weighted by Crippen LogP contribution is -2.26. The van der Waals surface area contributed by atoms with E-state index < -0.39 is 15.4 Å². The molecule has 0 spiro atoms. The molecule has 0 aliphatic carbocycles. The van der Waals surface area contributed by atoms with Gasteiger partial charge in [0.2, 0.25) is 0 Å². The zero-order valence-corrected chi connectivity index (χ0v) is 22.0. The Labute approximate surface area is 213 Å². The molecule has 3 aromatic rings. The number of para-hydroxylation sites is 1. The standard InChI is InChI=1S/C27H33N3O3S2/c1-3-5-10-20-18-21(11-6-4-2)26-23(19-20)30(22-12-7-8-13-24(22)34-26)17-14-25(35(31,32)33)27-28-15-9-16-29-27/h7-9,12-13,15-16,18-19,25H,3-6,10-11,14,17H2,1-2H3,(H,31,32,33). The van der Waals surface area contributed by atoms with Crippen molar-refractivity contribution < 1.29 is 13.0 Å². The van der Waals surface area contributed by atoms with Crippen LogP contribution in [0.1, 0.15) is 68.2 Å². The molecular formula is C27H33N3O3S2. The van der Waals surface area contributed by atoms with Gasteiger partial charge in [0.05, 0.1) is 11.4 Å². The molecule has 35 heavy (non-hydrogen) atoms. The normalized spacial score (nSPS) is 13.9. The Hall–Kier alpha value is -2.42. The van der Waals surface area contributed by atoms with E-state index >= 15 is 0 Å². The Bertz CT molecular complexity index is 1250. The van der Waals surface area contributed by atoms with E-state index in [-0.39, 0.29) is 12.2 Å². The van der Waals surface area contributed by atoms with Gasteiger partial charge in [-0.25, -0.2) is 9.97 Å². The first kappa shape index (κ1) is 25.7. The maximum absolute atomic E-state index is 12.3. The molecule has 186 valence electrons. The number of nitrogens with zero attached hydrogens (tertiary/aromatic N) is 3. The number of unbranched alkanes of at least 4 members (excludes halogenated alkanes) is 2. The molecule has 0 bridgehead atoms. The smallest absolute Gasteiger partial charge is 0.275 e. The van der Waals surface area contributed by atoms with Crippen molar-refractivity contribution in [3.8, 4) is 0 Å². The molecule has 0 amide bonds. The zero-order valence-electron chi connectivity index (χ0n) is 20.4. The summed E-state index contributed by atoms with van der Waals surface area (Å²) in [6.45, 7) is 4.83. The van der Waals surface area contributed by atoms with Gasteiger partial charge in [-0.2, -0.15) is 8.42 Å². The first-order valence-electron chi connectivity index (χ1n) is 12.4. The molecule has 0 radical (unpaired) electrons. The molecule has 1 N–H and O–H groups in total. The van der Waals surface area contributed by atoms with Crippen LogP contribution in [0.3, 0.4) is 0 Å². The van der Waals surface area contributed by atoms with Crippen molar-refractivity contribution in [3.63, 3.8) is 0 Å². The van der Waals surface area contributed by atoms with E-state index in [0.717, 1.165) is 54.8 Å². The third-order valence-electron chi connectivity index (χ3n) is 6.33. The molecule has 0 saturated heterocycles. The summed E-state index contributed by atoms with van der Waals surface area (Å²) in [6.07, 6.45) is 9.74. The maximum atomic E-state index is 12.3. The quantitative estimate of drug-likeness (QED) is 0.284. The molecule has 8 heteroatoms. The number of aromatic nitrogens is 2. The largest absolute Gasteiger partial charge is 0.340 e. The highest BCUT2D eigenvalue weighted by Crippen LogP contribution is 2.50. The highest BCUT2D eigenvalue weighted by atomic mass is 32.2. The molecule has 0 saturated carbocycles. The van der Waals surface area contributed by atoms with Crippen LogP contribution in [0.5, 0.6) is 0 Å². The minimum atomic E-state index is -4.37. The van der Waals surface area contributed by atoms with Crippen molar-refractivity contribution in [1.82, 2.24) is 9.97 Å². The summed E-state index contributed by atoms with van der Waals surface area (Å²) < 4.78 is 34.6. The molecule has 1 aliphatic heterocycles. The number of hydrogen-bond donors (Lipinski definition) is 1. The molecular weight excluding hydrogens is 478 g/mol. The average molecular weight is 512 g/mol. The van der Waals surface area contributed by atoms with Gasteiger partial charge in [-0.1, -0.05) is 56.7 Å². The lowest BCUT2D eigenvalue weighted by atomic mass is 9.99. The first-order chi connectivity index (χ1) is 16.9. The summed E-state index contributed by atoms with van der Waals surface area (Å²) >= 11 is 1.80. The summed E-state index contributed by atoms with van der Waals surface area (Å²) in [5.41, 5.74) is 4.86. The van der Waals surface area contributed by atoms with Crippen LogP contribution in [-0.4, -0.2) is 29.5 Å². The first-order valence-corrected chi connectivity index (χ1v) is 14.7. The van der Waals surface area contributed by atoms with Crippen LogP contribution in [0, 0.1) is 0 Å². The van der Waals surface area contributed by atoms with Crippen LogP contribution in [0.4, 0.5) is 11.4 Å². The minimum Gasteiger partial charge on any atom is -0.340 e. The van der Waals surface area contributed by atoms with Crippen LogP contribution in [0.15, 0.2) is 64.6 Å². The molecule has 1 atom stereocenters. The molecule has 2 aromatic carbocycles. The van der Waals surface area contributed by atoms with Gasteiger partial charge in [-0.15, -0.1) is 0 Å². The predicted molar refractivity (Wildman–Crippen MR) is 142 cm³/mol. The van der Waals surface area contributed by atoms with E-state index in [2.05, 4.69) is 53.0 Å². The number of anilines is 2. The van der Waals surface area contributed by atoms with Gasteiger partial charge in [0.25, 0.3) is 10.1 Å². The fraction of sp³-hybridized carbons (Fsp3) is 0.407. The second kappa shape index (κ2) is 11.5. The highest BCUT2D eigenvalue weighted by Gasteiger charge is 2.31. The van der Waals surface area contributed by atoms with Crippen LogP contribution < -0.4 is 4.90 Å². The van der Waals surface area contributed by atoms with Crippen molar-refractivity contribution in [2.24, 2.45) is 0 Å². The maximum Gasteiger partial charge on any atom is 0.275 e. The fourth-order valence-corrected chi connectivity index (χ4v) is 6.52. The lowest BCUT2D eigenvalue weighted by molar-refractivity contribution is 0.461. The Morgan fingerprint density at radius 1 is 0.971 bits per heavy atom. The summed E-state index contributed by atoms with van der Waals surface area (Å²) in [4.78, 5) is 12.9. The summed E-state index contributed by atoms with van der Waals surface area (Å²) in [5, 5.41) is -1.18. The molecule has 1 unspecified atom stereocenters. The van der Waals surface area contributed by atoms with Crippen LogP contribution >= 0.6 is 11.8 Å². The molecule has 2 heterocycles. The van der Waals surface area contributed by atoms with Crippen molar-refractivity contribution in [1.29, 1.82) is 0 Å². The minimum absolute atomic E-state index is 0.121. The number of hydrogen-bond acceptors (Lipinski definition) is 6. The van der Waals surface area contributed by atoms with Gasteiger partial charge in [0.15, 0.2) is 0 Å². The molecule has 1 aliphatic rings. The van der Waals surface area contributed by atoms with Crippen molar-refractivity contribution >= 4 is 33.3 Å². The molecule has 0 fully saturated rings. The topological polar surface area (TPSA) is 83.4 Å². The Balaban J connectivity index is 1.75. The van der Waals surface area contributed by atoms with Gasteiger partial charge in [0.1, 0.15) is 11.1 Å². The van der Waals surface area contributed by atoms with Crippen LogP contribution in [-0.2, 0) is 23.0 Å². The lowest BCUT2D eigenvalue weighted by Gasteiger charge is -2.35. The van der Waals surface area contributed by atoms with E-state index in [0.29, 0.717) is 6.54 Å². The second-order valence-corrected chi connectivity index (χ2v) is 11.6. The molecule has 6 nitrogen and oxygen atoms in total. The second-order valence-electron chi connectivity index (χ2n) is 8.93. The summed E-state index contributed by atoms with van der Waals surface area (Å²) in [5.74, 6) is 0.121. The van der Waals surface area contributed by atoms with E-state index in [4.69, 9.17) is 0 Å². The summed E-state index contributed by atoms with van der Waals surface area (Å²) in [6, 6.07) is 14.5. The third-order valence-corrected chi connectivity index (χ3v) is 8.74. The van der Waals surface area contributed by atoms with E-state index in [9.17, 15) is 13.0 Å². The average Bonchev–Trinajstić information content (AvgIpc) is 2.85. The van der Waals surface area contributed by atoms with Gasteiger partial charge < -0.3 is 4.90 Å². The Morgan fingerprint density at radius 3 is 2.40 bits per heavy atom. The highest BCUT2D eigenvalue weighted by molar-refractivity contribution is 7.99. The fourth-order valence-electron chi connectivity index (χ4n) is 4.51. The van der Waals surface area contributed by atoms with Gasteiger partial charge in [0, 0.05) is 28.7 Å². The summed E-state index contributed by atoms with van der Waals surface area (Å²) in [7, 11) is -4.37. The van der Waals surface area contributed by atoms with Gasteiger partial charge >= 0.3 is 0 Å². The number of fused-ring (bicyclic) bond motifs is 2. The molecule has 1 aromatic heterocycles. The van der Waals surface area contributed by atoms with E-state index in [1.54, 1.807) is 17.8 Å². The number of aryl methyl sites for hydroxylation is 2. The van der Waals surface area contributed by atoms with Gasteiger partial charge in [-0.05, 0) is 67.5 Å². The van der Waals surface area contributed by atoms with Crippen molar-refractivity contribution in [2.75, 3.05) is 11.4 Å². The zero-order chi connectivity index (χ0) is 24.8. The van der Waals surface area contributed by atoms with Crippen molar-refractivity contribution in [3.05, 3.63) is 71.8 Å². The number of rotatable bonds is 11. The monoisotopic (exact) mass is 511 g/mol. The number of benzene rings is 2. The van der Waals surface area contributed by atoms with Crippen molar-refractivity contribution in [2.45, 2.75) is 73.8 Å². The SMILES string of the molecule is CCCCc1cc(CCCC)c2c(c1)N(CCC(c1ncccn1)S(=O)(=O)O)c1ccccc1S2. The molecule has 4 rings (SSSR count). The predicted octanol–water partition coefficient (Wildman–Crippen LogP) is 6.78. The van der Waals surface area contributed by atoms with E-state index in [1.807, 2.05) is 12.1 Å². The van der Waals surface area contributed by atoms with Gasteiger partial charge in [-0.3, -0.25) is 4.55 Å².